The monoisotopic (exact) mass is 327 g/mol. The molecule has 1 amide bonds. The van der Waals surface area contributed by atoms with Crippen LogP contribution in [-0.2, 0) is 0 Å². The lowest BCUT2D eigenvalue weighted by molar-refractivity contribution is -0.384. The number of hydrazone groups is 1. The lowest BCUT2D eigenvalue weighted by atomic mass is 10.2. The molecule has 8 nitrogen and oxygen atoms in total. The fraction of sp³-hybridized carbons (Fsp3) is 0.125. The lowest BCUT2D eigenvalue weighted by Crippen LogP contribution is -2.16. The molecule has 8 heteroatoms. The van der Waals surface area contributed by atoms with Gasteiger partial charge in [-0.3, -0.25) is 14.9 Å². The number of hydrogen-bond donors (Lipinski definition) is 1. The van der Waals surface area contributed by atoms with Gasteiger partial charge in [-0.1, -0.05) is 0 Å². The smallest absolute Gasteiger partial charge is 0.307 e. The van der Waals surface area contributed by atoms with Gasteiger partial charge in [0.15, 0.2) is 5.76 Å². The van der Waals surface area contributed by atoms with E-state index in [9.17, 15) is 14.9 Å². The summed E-state index contributed by atoms with van der Waals surface area (Å²) in [6, 6.07) is 7.34. The van der Waals surface area contributed by atoms with Crippen molar-refractivity contribution in [3.8, 4) is 0 Å². The number of nitrogens with zero attached hydrogens (tertiary/aromatic N) is 2. The Bertz CT molecular complexity index is 967. The van der Waals surface area contributed by atoms with E-state index in [0.717, 1.165) is 11.3 Å². The minimum absolute atomic E-state index is 0.0164. The Labute approximate surface area is 135 Å². The Morgan fingerprint density at radius 1 is 1.25 bits per heavy atom. The molecule has 0 unspecified atom stereocenters. The zero-order chi connectivity index (χ0) is 17.3. The van der Waals surface area contributed by atoms with E-state index in [1.54, 1.807) is 13.0 Å². The van der Waals surface area contributed by atoms with Crippen molar-refractivity contribution in [2.75, 3.05) is 0 Å². The molecule has 0 fully saturated rings. The molecule has 2 heterocycles. The summed E-state index contributed by atoms with van der Waals surface area (Å²) in [5.74, 6) is 0.909. The molecule has 0 radical (unpaired) electrons. The van der Waals surface area contributed by atoms with Gasteiger partial charge in [0.2, 0.25) is 0 Å². The molecule has 0 bridgehead atoms. The average Bonchev–Trinajstić information content (AvgIpc) is 3.09. The molecule has 0 aliphatic heterocycles. The van der Waals surface area contributed by atoms with Crippen molar-refractivity contribution < 1.29 is 18.6 Å². The van der Waals surface area contributed by atoms with Crippen LogP contribution in [0.3, 0.4) is 0 Å². The van der Waals surface area contributed by atoms with Gasteiger partial charge in [-0.25, -0.2) is 5.43 Å². The molecule has 3 rings (SSSR count). The van der Waals surface area contributed by atoms with Gasteiger partial charge in [-0.05, 0) is 32.0 Å². The number of benzene rings is 1. The van der Waals surface area contributed by atoms with Gasteiger partial charge in [-0.15, -0.1) is 0 Å². The molecule has 2 aromatic heterocycles. The van der Waals surface area contributed by atoms with Gasteiger partial charge in [0.05, 0.1) is 11.1 Å². The number of nitrogens with one attached hydrogen (secondary N) is 1. The Morgan fingerprint density at radius 2 is 2.04 bits per heavy atom. The van der Waals surface area contributed by atoms with Crippen LogP contribution in [0.15, 0.2) is 44.3 Å². The molecule has 0 atom stereocenters. The molecular formula is C16H13N3O5. The van der Waals surface area contributed by atoms with Crippen LogP contribution >= 0.6 is 0 Å². The van der Waals surface area contributed by atoms with E-state index in [0.29, 0.717) is 16.7 Å². The first kappa shape index (κ1) is 15.5. The highest BCUT2D eigenvalue weighted by molar-refractivity contribution is 5.97. The van der Waals surface area contributed by atoms with Gasteiger partial charge in [0, 0.05) is 23.1 Å². The maximum absolute atomic E-state index is 12.0. The van der Waals surface area contributed by atoms with Crippen molar-refractivity contribution in [1.29, 1.82) is 0 Å². The third-order valence-electron chi connectivity index (χ3n) is 3.38. The highest BCUT2D eigenvalue weighted by atomic mass is 16.6. The molecule has 122 valence electrons. The number of carbonyl (C=O) groups excluding carboxylic acids is 1. The quantitative estimate of drug-likeness (QED) is 0.449. The topological polar surface area (TPSA) is 111 Å². The fourth-order valence-corrected chi connectivity index (χ4v) is 2.25. The summed E-state index contributed by atoms with van der Waals surface area (Å²) >= 11 is 0. The summed E-state index contributed by atoms with van der Waals surface area (Å²) in [4.78, 5) is 22.3. The van der Waals surface area contributed by atoms with Crippen LogP contribution in [0.25, 0.3) is 11.0 Å². The zero-order valence-corrected chi connectivity index (χ0v) is 12.9. The summed E-state index contributed by atoms with van der Waals surface area (Å²) in [6.45, 7) is 3.61. The van der Waals surface area contributed by atoms with Gasteiger partial charge >= 0.3 is 5.91 Å². The van der Waals surface area contributed by atoms with Crippen LogP contribution in [-0.4, -0.2) is 17.0 Å². The highest BCUT2D eigenvalue weighted by Crippen LogP contribution is 2.24. The second-order valence-electron chi connectivity index (χ2n) is 5.16. The van der Waals surface area contributed by atoms with Crippen molar-refractivity contribution in [2.45, 2.75) is 13.8 Å². The van der Waals surface area contributed by atoms with E-state index < -0.39 is 10.8 Å². The highest BCUT2D eigenvalue weighted by Gasteiger charge is 2.14. The van der Waals surface area contributed by atoms with Crippen LogP contribution in [0.2, 0.25) is 0 Å². The number of fused-ring (bicyclic) bond motifs is 1. The average molecular weight is 327 g/mol. The summed E-state index contributed by atoms with van der Waals surface area (Å²) in [7, 11) is 0. The van der Waals surface area contributed by atoms with Crippen LogP contribution in [0.1, 0.15) is 27.6 Å². The van der Waals surface area contributed by atoms with E-state index >= 15 is 0 Å². The van der Waals surface area contributed by atoms with E-state index in [2.05, 4.69) is 10.5 Å². The van der Waals surface area contributed by atoms with Crippen molar-refractivity contribution >= 4 is 28.8 Å². The largest absolute Gasteiger partial charge is 0.466 e. The predicted octanol–water partition coefficient (Wildman–Crippen LogP) is 3.31. The first-order valence-corrected chi connectivity index (χ1v) is 7.02. The van der Waals surface area contributed by atoms with E-state index in [4.69, 9.17) is 8.83 Å². The molecule has 1 N–H and O–H groups in total. The molecule has 0 spiro atoms. The Balaban J connectivity index is 1.76. The number of aryl methyl sites for hydroxylation is 2. The fourth-order valence-electron chi connectivity index (χ4n) is 2.25. The van der Waals surface area contributed by atoms with Gasteiger partial charge in [0.1, 0.15) is 17.1 Å². The first-order valence-electron chi connectivity index (χ1n) is 7.02. The van der Waals surface area contributed by atoms with Crippen molar-refractivity contribution in [1.82, 2.24) is 5.43 Å². The number of furan rings is 2. The van der Waals surface area contributed by atoms with Crippen LogP contribution in [0.5, 0.6) is 0 Å². The maximum Gasteiger partial charge on any atom is 0.307 e. The Hall–Kier alpha value is -3.42. The summed E-state index contributed by atoms with van der Waals surface area (Å²) in [5.41, 5.74) is 3.42. The maximum atomic E-state index is 12.0. The molecule has 3 aromatic rings. The van der Waals surface area contributed by atoms with Gasteiger partial charge in [0.25, 0.3) is 5.69 Å². The second kappa shape index (κ2) is 5.99. The summed E-state index contributed by atoms with van der Waals surface area (Å²) in [5, 5.41) is 15.1. The SMILES string of the molecule is Cc1cc(/C=N/NC(=O)c2cc3cc([N+](=O)[O-])ccc3o2)c(C)o1. The van der Waals surface area contributed by atoms with E-state index in [-0.39, 0.29) is 11.4 Å². The number of nitro benzene ring substituents is 1. The lowest BCUT2D eigenvalue weighted by Gasteiger charge is -1.94. The van der Waals surface area contributed by atoms with Gasteiger partial charge in [-0.2, -0.15) is 5.10 Å². The zero-order valence-electron chi connectivity index (χ0n) is 12.9. The normalized spacial score (nSPS) is 11.2. The Morgan fingerprint density at radius 3 is 2.71 bits per heavy atom. The number of nitro groups is 1. The molecule has 0 aliphatic rings. The Kier molecular flexibility index (Phi) is 3.87. The standard InChI is InChI=1S/C16H13N3O5/c1-9-5-12(10(2)23-9)8-17-18-16(20)15-7-11-6-13(19(21)22)3-4-14(11)24-15/h3-8H,1-2H3,(H,18,20)/b17-8+. The third kappa shape index (κ3) is 3.02. The van der Waals surface area contributed by atoms with Crippen LogP contribution < -0.4 is 5.43 Å². The molecule has 0 aliphatic carbocycles. The predicted molar refractivity (Wildman–Crippen MR) is 86.1 cm³/mol. The third-order valence-corrected chi connectivity index (χ3v) is 3.38. The number of amides is 1. The minimum Gasteiger partial charge on any atom is -0.466 e. The minimum atomic E-state index is -0.553. The van der Waals surface area contributed by atoms with Gasteiger partial charge < -0.3 is 8.83 Å². The number of carbonyl (C=O) groups is 1. The second-order valence-corrected chi connectivity index (χ2v) is 5.16. The molecule has 24 heavy (non-hydrogen) atoms. The molecular weight excluding hydrogens is 314 g/mol. The molecule has 1 aromatic carbocycles. The summed E-state index contributed by atoms with van der Waals surface area (Å²) in [6.07, 6.45) is 1.47. The van der Waals surface area contributed by atoms with E-state index in [1.165, 1.54) is 30.5 Å². The van der Waals surface area contributed by atoms with Crippen molar-refractivity contribution in [3.63, 3.8) is 0 Å². The molecule has 0 saturated heterocycles. The molecule has 0 saturated carbocycles. The van der Waals surface area contributed by atoms with Crippen LogP contribution in [0, 0.1) is 24.0 Å². The van der Waals surface area contributed by atoms with Crippen molar-refractivity contribution in [2.24, 2.45) is 5.10 Å². The first-order chi connectivity index (χ1) is 11.4. The van der Waals surface area contributed by atoms with E-state index in [1.807, 2.05) is 6.92 Å². The van der Waals surface area contributed by atoms with Crippen molar-refractivity contribution in [3.05, 3.63) is 63.3 Å². The summed E-state index contributed by atoms with van der Waals surface area (Å²) < 4.78 is 10.7. The van der Waals surface area contributed by atoms with Crippen LogP contribution in [0.4, 0.5) is 5.69 Å². The number of non-ortho nitro benzene ring substituents is 1. The number of hydrogen-bond acceptors (Lipinski definition) is 6. The number of rotatable bonds is 4.